The number of carbonyl (C=O) groups is 1. The van der Waals surface area contributed by atoms with Crippen molar-refractivity contribution in [1.82, 2.24) is 4.31 Å². The first kappa shape index (κ1) is 29.4. The molecule has 1 aliphatic heterocycles. The van der Waals surface area contributed by atoms with E-state index in [4.69, 9.17) is 23.2 Å². The Labute approximate surface area is 239 Å². The van der Waals surface area contributed by atoms with Crippen LogP contribution in [0.4, 0.5) is 11.4 Å². The van der Waals surface area contributed by atoms with Crippen molar-refractivity contribution in [2.45, 2.75) is 37.3 Å². The van der Waals surface area contributed by atoms with Gasteiger partial charge in [0.25, 0.3) is 10.0 Å². The van der Waals surface area contributed by atoms with Crippen LogP contribution in [-0.4, -0.2) is 40.1 Å². The number of carbonyl (C=O) groups excluding carboxylic acids is 1. The van der Waals surface area contributed by atoms with Gasteiger partial charge in [-0.2, -0.15) is 0 Å². The summed E-state index contributed by atoms with van der Waals surface area (Å²) in [6.45, 7) is 4.12. The van der Waals surface area contributed by atoms with Crippen LogP contribution in [0.5, 0.6) is 0 Å². The SMILES string of the molecule is Cc1cccc(C)c1NS(=O)(=O)c1ccc(NC(=O)C2CCN(S(=O)(=O)Cc3ccc(Cl)c(Cl)c3)CC2)cc1. The lowest BCUT2D eigenvalue weighted by molar-refractivity contribution is -0.120. The molecular formula is C27H29Cl2N3O5S2. The number of anilines is 2. The number of piperidine rings is 1. The zero-order valence-corrected chi connectivity index (χ0v) is 24.6. The molecule has 0 bridgehead atoms. The van der Waals surface area contributed by atoms with Crippen LogP contribution in [0.15, 0.2) is 65.6 Å². The van der Waals surface area contributed by atoms with Gasteiger partial charge in [-0.05, 0) is 79.8 Å². The fraction of sp³-hybridized carbons (Fsp3) is 0.296. The highest BCUT2D eigenvalue weighted by Gasteiger charge is 2.31. The molecule has 1 amide bonds. The first-order chi connectivity index (χ1) is 18.4. The Morgan fingerprint density at radius 2 is 1.51 bits per heavy atom. The minimum atomic E-state index is -3.81. The van der Waals surface area contributed by atoms with Gasteiger partial charge in [0.15, 0.2) is 0 Å². The normalized spacial score (nSPS) is 15.2. The molecular weight excluding hydrogens is 581 g/mol. The summed E-state index contributed by atoms with van der Waals surface area (Å²) in [6, 6.07) is 16.2. The summed E-state index contributed by atoms with van der Waals surface area (Å²) in [6.07, 6.45) is 0.747. The molecule has 0 aromatic heterocycles. The van der Waals surface area contributed by atoms with E-state index in [0.29, 0.717) is 39.8 Å². The zero-order valence-electron chi connectivity index (χ0n) is 21.4. The van der Waals surface area contributed by atoms with Gasteiger partial charge >= 0.3 is 0 Å². The number of aryl methyl sites for hydroxylation is 2. The van der Waals surface area contributed by atoms with Gasteiger partial charge in [0.1, 0.15) is 0 Å². The third-order valence-electron chi connectivity index (χ3n) is 6.70. The Hall–Kier alpha value is -2.63. The zero-order chi connectivity index (χ0) is 28.4. The van der Waals surface area contributed by atoms with E-state index in [1.807, 2.05) is 32.0 Å². The fourth-order valence-electron chi connectivity index (χ4n) is 4.46. The Bertz CT molecular complexity index is 1570. The minimum Gasteiger partial charge on any atom is -0.326 e. The van der Waals surface area contributed by atoms with Crippen LogP contribution in [0.3, 0.4) is 0 Å². The van der Waals surface area contributed by atoms with Crippen LogP contribution in [0.1, 0.15) is 29.5 Å². The van der Waals surface area contributed by atoms with Gasteiger partial charge in [-0.1, -0.05) is 47.5 Å². The van der Waals surface area contributed by atoms with Crippen LogP contribution in [0, 0.1) is 19.8 Å². The molecule has 3 aromatic carbocycles. The molecule has 1 fully saturated rings. The predicted molar refractivity (Wildman–Crippen MR) is 155 cm³/mol. The third-order valence-corrected chi connectivity index (χ3v) is 10.7. The van der Waals surface area contributed by atoms with Crippen LogP contribution in [-0.2, 0) is 30.6 Å². The van der Waals surface area contributed by atoms with E-state index in [1.54, 1.807) is 12.1 Å². The molecule has 3 aromatic rings. The quantitative estimate of drug-likeness (QED) is 0.345. The molecule has 1 saturated heterocycles. The second-order valence-electron chi connectivity index (χ2n) is 9.56. The number of sulfonamides is 2. The van der Waals surface area contributed by atoms with Crippen molar-refractivity contribution >= 4 is 60.5 Å². The van der Waals surface area contributed by atoms with Gasteiger partial charge in [-0.25, -0.2) is 21.1 Å². The molecule has 0 saturated carbocycles. The number of rotatable bonds is 8. The number of nitrogens with one attached hydrogen (secondary N) is 2. The van der Waals surface area contributed by atoms with Gasteiger partial charge in [0, 0.05) is 24.7 Å². The molecule has 2 N–H and O–H groups in total. The maximum Gasteiger partial charge on any atom is 0.261 e. The topological polar surface area (TPSA) is 113 Å². The van der Waals surface area contributed by atoms with E-state index in [0.717, 1.165) is 11.1 Å². The fourth-order valence-corrected chi connectivity index (χ4v) is 7.53. The maximum atomic E-state index is 12.9. The Morgan fingerprint density at radius 1 is 0.897 bits per heavy atom. The molecule has 0 atom stereocenters. The smallest absolute Gasteiger partial charge is 0.261 e. The lowest BCUT2D eigenvalue weighted by Gasteiger charge is -2.30. The van der Waals surface area contributed by atoms with E-state index in [9.17, 15) is 21.6 Å². The van der Waals surface area contributed by atoms with Gasteiger partial charge in [-0.15, -0.1) is 0 Å². The summed E-state index contributed by atoms with van der Waals surface area (Å²) in [5.41, 5.74) is 3.17. The Balaban J connectivity index is 1.33. The van der Waals surface area contributed by atoms with E-state index >= 15 is 0 Å². The third kappa shape index (κ3) is 7.12. The number of hydrogen-bond donors (Lipinski definition) is 2. The van der Waals surface area contributed by atoms with E-state index in [2.05, 4.69) is 10.0 Å². The van der Waals surface area contributed by atoms with Gasteiger partial charge in [0.05, 0.1) is 26.4 Å². The number of halogens is 2. The molecule has 0 aliphatic carbocycles. The Morgan fingerprint density at radius 3 is 2.10 bits per heavy atom. The molecule has 4 rings (SSSR count). The standard InChI is InChI=1S/C27H29Cl2N3O5S2/c1-18-4-3-5-19(2)26(18)31-39(36,37)23-9-7-22(8-10-23)30-27(33)21-12-14-32(15-13-21)38(34,35)17-20-6-11-24(28)25(29)16-20/h3-11,16,21,31H,12-15,17H2,1-2H3,(H,30,33). The number of amides is 1. The molecule has 1 heterocycles. The maximum absolute atomic E-state index is 12.9. The van der Waals surface area contributed by atoms with E-state index < -0.39 is 20.0 Å². The van der Waals surface area contributed by atoms with Crippen molar-refractivity contribution in [3.63, 3.8) is 0 Å². The van der Waals surface area contributed by atoms with E-state index in [-0.39, 0.29) is 35.6 Å². The van der Waals surface area contributed by atoms with Crippen molar-refractivity contribution in [2.24, 2.45) is 5.92 Å². The van der Waals surface area contributed by atoms with Crippen LogP contribution in [0.2, 0.25) is 10.0 Å². The summed E-state index contributed by atoms with van der Waals surface area (Å²) in [7, 11) is -7.39. The number of nitrogens with zero attached hydrogens (tertiary/aromatic N) is 1. The molecule has 0 radical (unpaired) electrons. The molecule has 8 nitrogen and oxygen atoms in total. The average Bonchev–Trinajstić information content (AvgIpc) is 2.89. The average molecular weight is 611 g/mol. The van der Waals surface area contributed by atoms with Crippen LogP contribution < -0.4 is 10.0 Å². The first-order valence-corrected chi connectivity index (χ1v) is 16.1. The van der Waals surface area contributed by atoms with Crippen LogP contribution >= 0.6 is 23.2 Å². The van der Waals surface area contributed by atoms with Crippen molar-refractivity contribution < 1.29 is 21.6 Å². The molecule has 0 unspecified atom stereocenters. The van der Waals surface area contributed by atoms with Crippen molar-refractivity contribution in [2.75, 3.05) is 23.1 Å². The van der Waals surface area contributed by atoms with Crippen molar-refractivity contribution in [3.05, 3.63) is 87.4 Å². The van der Waals surface area contributed by atoms with E-state index in [1.165, 1.54) is 34.6 Å². The summed E-state index contributed by atoms with van der Waals surface area (Å²) in [5.74, 6) is -0.801. The molecule has 208 valence electrons. The van der Waals surface area contributed by atoms with Crippen molar-refractivity contribution in [3.8, 4) is 0 Å². The van der Waals surface area contributed by atoms with Gasteiger partial charge in [-0.3, -0.25) is 9.52 Å². The minimum absolute atomic E-state index is 0.0728. The lowest BCUT2D eigenvalue weighted by Crippen LogP contribution is -2.41. The number of hydrogen-bond acceptors (Lipinski definition) is 5. The highest BCUT2D eigenvalue weighted by atomic mass is 35.5. The molecule has 39 heavy (non-hydrogen) atoms. The lowest BCUT2D eigenvalue weighted by atomic mass is 9.97. The summed E-state index contributed by atoms with van der Waals surface area (Å²) >= 11 is 11.9. The molecule has 0 spiro atoms. The van der Waals surface area contributed by atoms with Crippen LogP contribution in [0.25, 0.3) is 0 Å². The van der Waals surface area contributed by atoms with Crippen molar-refractivity contribution in [1.29, 1.82) is 0 Å². The second kappa shape index (κ2) is 11.9. The highest BCUT2D eigenvalue weighted by Crippen LogP contribution is 2.27. The monoisotopic (exact) mass is 609 g/mol. The van der Waals surface area contributed by atoms with Gasteiger partial charge in [0.2, 0.25) is 15.9 Å². The predicted octanol–water partition coefficient (Wildman–Crippen LogP) is 5.59. The summed E-state index contributed by atoms with van der Waals surface area (Å²) < 4.78 is 55.5. The summed E-state index contributed by atoms with van der Waals surface area (Å²) in [4.78, 5) is 12.9. The highest BCUT2D eigenvalue weighted by molar-refractivity contribution is 7.92. The molecule has 1 aliphatic rings. The molecule has 12 heteroatoms. The largest absolute Gasteiger partial charge is 0.326 e. The first-order valence-electron chi connectivity index (χ1n) is 12.3. The summed E-state index contributed by atoms with van der Waals surface area (Å²) in [5, 5.41) is 3.46. The second-order valence-corrected chi connectivity index (χ2v) is 14.0. The van der Waals surface area contributed by atoms with Gasteiger partial charge < -0.3 is 5.32 Å². The number of para-hydroxylation sites is 1. The Kier molecular flexibility index (Phi) is 8.92. The number of benzene rings is 3.